The minimum Gasteiger partial charge on any atom is -0.289 e. The predicted octanol–water partition coefficient (Wildman–Crippen LogP) is 1.35. The summed E-state index contributed by atoms with van der Waals surface area (Å²) >= 11 is 0. The summed E-state index contributed by atoms with van der Waals surface area (Å²) in [5.41, 5.74) is 0.0926. The second-order valence-electron chi connectivity index (χ2n) is 7.81. The van der Waals surface area contributed by atoms with Crippen molar-refractivity contribution < 1.29 is 22.7 Å². The van der Waals surface area contributed by atoms with E-state index < -0.39 is 32.3 Å². The molecule has 3 aliphatic rings. The lowest BCUT2D eigenvalue weighted by atomic mass is 9.79. The lowest BCUT2D eigenvalue weighted by Crippen LogP contribution is -2.48. The number of anilines is 1. The van der Waals surface area contributed by atoms with Gasteiger partial charge in [-0.1, -0.05) is 42.5 Å². The number of hydrogen-bond acceptors (Lipinski definition) is 6. The van der Waals surface area contributed by atoms with Crippen molar-refractivity contribution in [3.8, 4) is 0 Å². The van der Waals surface area contributed by atoms with Crippen molar-refractivity contribution >= 4 is 43.9 Å². The molecule has 1 spiro atoms. The molecule has 158 valence electrons. The first-order valence-corrected chi connectivity index (χ1v) is 11.3. The number of rotatable bonds is 2. The van der Waals surface area contributed by atoms with Gasteiger partial charge in [0.05, 0.1) is 0 Å². The highest BCUT2D eigenvalue weighted by Crippen LogP contribution is 2.41. The summed E-state index contributed by atoms with van der Waals surface area (Å²) in [6.45, 7) is 1.69. The molecule has 0 unspecified atom stereocenters. The summed E-state index contributed by atoms with van der Waals surface area (Å²) in [5.74, 6) is -0.959. The first-order chi connectivity index (χ1) is 14.2. The average molecular weight is 431 g/mol. The average Bonchev–Trinajstić information content (AvgIpc) is 3.03. The van der Waals surface area contributed by atoms with Gasteiger partial charge in [-0.15, -0.1) is 14.9 Å². The van der Waals surface area contributed by atoms with Crippen molar-refractivity contribution in [2.45, 2.75) is 44.6 Å². The first kappa shape index (κ1) is 20.5. The topological polar surface area (TPSA) is 102 Å². The second kappa shape index (κ2) is 7.21. The van der Waals surface area contributed by atoms with Crippen LogP contribution in [0.15, 0.2) is 40.5 Å². The minimum absolute atomic E-state index is 0.00380. The highest BCUT2D eigenvalue weighted by Gasteiger charge is 2.59. The molecule has 2 aliphatic heterocycles. The fraction of sp³-hybridized carbons (Fsp3) is 0.450. The summed E-state index contributed by atoms with van der Waals surface area (Å²) in [6, 6.07) is 9.02. The van der Waals surface area contributed by atoms with E-state index in [1.54, 1.807) is 30.8 Å². The van der Waals surface area contributed by atoms with Crippen LogP contribution < -0.4 is 5.01 Å². The van der Waals surface area contributed by atoms with Gasteiger partial charge in [0.15, 0.2) is 7.05 Å². The summed E-state index contributed by atoms with van der Waals surface area (Å²) in [6.07, 6.45) is 3.50. The van der Waals surface area contributed by atoms with Gasteiger partial charge in [0.1, 0.15) is 11.2 Å². The number of likely N-dealkylation sites (N-methyl/N-ethyl adjacent to an activating group) is 1. The van der Waals surface area contributed by atoms with Crippen molar-refractivity contribution in [2.75, 3.05) is 19.1 Å². The van der Waals surface area contributed by atoms with Gasteiger partial charge in [0.25, 0.3) is 10.0 Å². The van der Waals surface area contributed by atoms with Gasteiger partial charge < -0.3 is 0 Å². The predicted molar refractivity (Wildman–Crippen MR) is 113 cm³/mol. The Labute approximate surface area is 175 Å². The molecule has 0 atom stereocenters. The number of para-hydroxylation sites is 1. The Balaban J connectivity index is 1.74. The standard InChI is InChI=1S/C20H24N5O4S/c1-14-16(19(27)25(23(14)2)15-10-6-4-7-11-15)21-22-18-17(26)20(12-8-5-9-13-20)24(3)30(18,28)29/h4,6-7,10-11H,5,8-9,12-13H2,1-3H3/q+1. The van der Waals surface area contributed by atoms with Gasteiger partial charge in [0, 0.05) is 14.0 Å². The van der Waals surface area contributed by atoms with E-state index in [1.165, 1.54) is 12.1 Å². The maximum Gasteiger partial charge on any atom is 0.340 e. The molecule has 1 aromatic carbocycles. The van der Waals surface area contributed by atoms with Crippen molar-refractivity contribution in [1.82, 2.24) is 4.31 Å². The summed E-state index contributed by atoms with van der Waals surface area (Å²) < 4.78 is 28.5. The van der Waals surface area contributed by atoms with E-state index >= 15 is 0 Å². The Morgan fingerprint density at radius 2 is 1.67 bits per heavy atom. The van der Waals surface area contributed by atoms with Crippen LogP contribution >= 0.6 is 0 Å². The van der Waals surface area contributed by atoms with Gasteiger partial charge >= 0.3 is 5.91 Å². The van der Waals surface area contributed by atoms with E-state index in [4.69, 9.17) is 0 Å². The lowest BCUT2D eigenvalue weighted by Gasteiger charge is -2.35. The molecular formula is C20H24N5O4S+. The van der Waals surface area contributed by atoms with Crippen LogP contribution in [-0.4, -0.2) is 65.2 Å². The molecule has 30 heavy (non-hydrogen) atoms. The fourth-order valence-corrected chi connectivity index (χ4v) is 5.91. The normalized spacial score (nSPS) is 26.6. The number of hydrazone groups is 1. The number of ketones is 1. The Bertz CT molecular complexity index is 1120. The number of Topliss-reactive ketones (excluding diaryl/α,β-unsaturated/α-hetero) is 1. The second-order valence-corrected chi connectivity index (χ2v) is 9.69. The number of carbonyl (C=O) groups is 2. The van der Waals surface area contributed by atoms with E-state index in [-0.39, 0.29) is 5.71 Å². The molecule has 2 fully saturated rings. The molecule has 10 heteroatoms. The van der Waals surface area contributed by atoms with Gasteiger partial charge in [-0.25, -0.2) is 8.42 Å². The summed E-state index contributed by atoms with van der Waals surface area (Å²) in [4.78, 5) is 26.0. The maximum absolute atomic E-state index is 13.1. The first-order valence-electron chi connectivity index (χ1n) is 9.88. The van der Waals surface area contributed by atoms with E-state index in [2.05, 4.69) is 10.2 Å². The van der Waals surface area contributed by atoms with Crippen molar-refractivity contribution in [1.29, 1.82) is 0 Å². The van der Waals surface area contributed by atoms with Crippen LogP contribution in [0, 0.1) is 0 Å². The Hall–Kier alpha value is -2.72. The smallest absolute Gasteiger partial charge is 0.289 e. The highest BCUT2D eigenvalue weighted by molar-refractivity contribution is 8.07. The number of amides is 1. The number of hydrogen-bond donors (Lipinski definition) is 0. The number of benzene rings is 1. The molecular weight excluding hydrogens is 406 g/mol. The molecule has 0 bridgehead atoms. The van der Waals surface area contributed by atoms with Crippen LogP contribution in [0.2, 0.25) is 0 Å². The van der Waals surface area contributed by atoms with Crippen LogP contribution in [0.3, 0.4) is 0 Å². The molecule has 1 saturated heterocycles. The molecule has 9 nitrogen and oxygen atoms in total. The highest BCUT2D eigenvalue weighted by atomic mass is 32.2. The Morgan fingerprint density at radius 1 is 1.03 bits per heavy atom. The maximum atomic E-state index is 13.1. The Morgan fingerprint density at radius 3 is 2.30 bits per heavy atom. The molecule has 4 rings (SSSR count). The van der Waals surface area contributed by atoms with Crippen molar-refractivity contribution in [3.63, 3.8) is 0 Å². The van der Waals surface area contributed by atoms with Crippen LogP contribution in [-0.2, 0) is 19.6 Å². The van der Waals surface area contributed by atoms with Crippen LogP contribution in [0.1, 0.15) is 39.0 Å². The number of nitrogens with zero attached hydrogens (tertiary/aromatic N) is 5. The molecule has 0 aromatic heterocycles. The van der Waals surface area contributed by atoms with Crippen molar-refractivity contribution in [2.24, 2.45) is 10.2 Å². The molecule has 1 aromatic rings. The largest absolute Gasteiger partial charge is 0.340 e. The van der Waals surface area contributed by atoms with Crippen LogP contribution in [0.5, 0.6) is 0 Å². The molecule has 1 saturated carbocycles. The van der Waals surface area contributed by atoms with Gasteiger partial charge in [-0.3, -0.25) is 9.59 Å². The third kappa shape index (κ3) is 2.85. The molecule has 0 radical (unpaired) electrons. The van der Waals surface area contributed by atoms with Gasteiger partial charge in [-0.05, 0) is 25.0 Å². The zero-order valence-electron chi connectivity index (χ0n) is 17.2. The number of hydrazine groups is 1. The third-order valence-corrected chi connectivity index (χ3v) is 8.10. The zero-order chi connectivity index (χ0) is 21.7. The molecule has 1 amide bonds. The zero-order valence-corrected chi connectivity index (χ0v) is 18.0. The van der Waals surface area contributed by atoms with Crippen molar-refractivity contribution in [3.05, 3.63) is 30.3 Å². The third-order valence-electron chi connectivity index (χ3n) is 6.27. The quantitative estimate of drug-likeness (QED) is 0.522. The molecule has 2 heterocycles. The molecule has 1 aliphatic carbocycles. The van der Waals surface area contributed by atoms with Crippen LogP contribution in [0.4, 0.5) is 5.69 Å². The van der Waals surface area contributed by atoms with Gasteiger partial charge in [0.2, 0.25) is 22.3 Å². The van der Waals surface area contributed by atoms with E-state index in [0.29, 0.717) is 24.2 Å². The minimum atomic E-state index is -4.05. The number of sulfonamides is 1. The fourth-order valence-electron chi connectivity index (χ4n) is 4.36. The van der Waals surface area contributed by atoms with E-state index in [1.807, 2.05) is 18.2 Å². The SMILES string of the molecule is CC1=[N+](C)N(c2ccccc2)C(=O)C1=N/N=C1\C(=O)C2(CCCCC2)N(C)S1(=O)=O. The molecule has 0 N–H and O–H groups in total. The lowest BCUT2D eigenvalue weighted by molar-refractivity contribution is -0.495. The monoisotopic (exact) mass is 430 g/mol. The van der Waals surface area contributed by atoms with E-state index in [9.17, 15) is 18.0 Å². The van der Waals surface area contributed by atoms with E-state index in [0.717, 1.165) is 23.6 Å². The van der Waals surface area contributed by atoms with Crippen LogP contribution in [0.25, 0.3) is 0 Å². The summed E-state index contributed by atoms with van der Waals surface area (Å²) in [7, 11) is -0.916. The Kier molecular flexibility index (Phi) is 4.94. The summed E-state index contributed by atoms with van der Waals surface area (Å²) in [5, 5.41) is 8.63. The van der Waals surface area contributed by atoms with Gasteiger partial charge in [-0.2, -0.15) is 4.31 Å². The number of carbonyl (C=O) groups excluding carboxylic acids is 2.